The predicted octanol–water partition coefficient (Wildman–Crippen LogP) is 4.55. The van der Waals surface area contributed by atoms with E-state index in [0.29, 0.717) is 24.6 Å². The summed E-state index contributed by atoms with van der Waals surface area (Å²) >= 11 is 0. The lowest BCUT2D eigenvalue weighted by Gasteiger charge is -2.33. The number of nitrogens with zero attached hydrogens (tertiary/aromatic N) is 4. The normalized spacial score (nSPS) is 19.3. The summed E-state index contributed by atoms with van der Waals surface area (Å²) < 4.78 is 0. The van der Waals surface area contributed by atoms with Crippen molar-refractivity contribution in [3.05, 3.63) is 78.0 Å². The van der Waals surface area contributed by atoms with Gasteiger partial charge in [0.25, 0.3) is 0 Å². The molecule has 10 heteroatoms. The van der Waals surface area contributed by atoms with Gasteiger partial charge in [-0.15, -0.1) is 0 Å². The number of anilines is 2. The summed E-state index contributed by atoms with van der Waals surface area (Å²) in [6.07, 6.45) is 5.44. The van der Waals surface area contributed by atoms with Gasteiger partial charge in [0.1, 0.15) is 11.9 Å². The second-order valence-corrected chi connectivity index (χ2v) is 13.2. The lowest BCUT2D eigenvalue weighted by molar-refractivity contribution is -0.130. The molecule has 3 N–H and O–H groups in total. The van der Waals surface area contributed by atoms with Gasteiger partial charge in [-0.1, -0.05) is 36.4 Å². The van der Waals surface area contributed by atoms with Crippen LogP contribution in [-0.4, -0.2) is 86.2 Å². The van der Waals surface area contributed by atoms with Crippen LogP contribution in [0.3, 0.4) is 0 Å². The summed E-state index contributed by atoms with van der Waals surface area (Å²) in [5, 5.41) is 9.01. The third-order valence-electron chi connectivity index (χ3n) is 9.70. The van der Waals surface area contributed by atoms with E-state index in [1.807, 2.05) is 55.6 Å². The molecule has 3 amide bonds. The van der Waals surface area contributed by atoms with Crippen LogP contribution in [0, 0.1) is 11.8 Å². The van der Waals surface area contributed by atoms with Crippen LogP contribution in [0.15, 0.2) is 71.9 Å². The summed E-state index contributed by atoms with van der Waals surface area (Å²) in [4.78, 5) is 52.1. The third kappa shape index (κ3) is 9.50. The van der Waals surface area contributed by atoms with Crippen LogP contribution < -0.4 is 20.9 Å². The second-order valence-electron chi connectivity index (χ2n) is 13.2. The fourth-order valence-electron chi connectivity index (χ4n) is 6.44. The Hall–Kier alpha value is -4.57. The average molecular weight is 652 g/mol. The summed E-state index contributed by atoms with van der Waals surface area (Å²) in [7, 11) is 3.90. The number of hydrogen-bond donors (Lipinski definition) is 3. The molecule has 1 aliphatic heterocycles. The maximum atomic E-state index is 13.7. The van der Waals surface area contributed by atoms with E-state index < -0.39 is 6.04 Å². The Balaban J connectivity index is 1.27. The molecule has 10 nitrogen and oxygen atoms in total. The van der Waals surface area contributed by atoms with Gasteiger partial charge in [0.15, 0.2) is 0 Å². The van der Waals surface area contributed by atoms with Crippen LogP contribution in [0.25, 0.3) is 11.1 Å². The van der Waals surface area contributed by atoms with Crippen molar-refractivity contribution in [3.8, 4) is 11.1 Å². The third-order valence-corrected chi connectivity index (χ3v) is 9.70. The average Bonchev–Trinajstić information content (AvgIpc) is 3.11. The van der Waals surface area contributed by atoms with Crippen LogP contribution in [0.5, 0.6) is 0 Å². The molecular formula is C38H49N7O3. The zero-order valence-corrected chi connectivity index (χ0v) is 28.7. The summed E-state index contributed by atoms with van der Waals surface area (Å²) in [5.74, 6) is 0.815. The topological polar surface area (TPSA) is 119 Å². The highest BCUT2D eigenvalue weighted by atomic mass is 16.2. The van der Waals surface area contributed by atoms with Gasteiger partial charge < -0.3 is 25.8 Å². The monoisotopic (exact) mass is 651 g/mol. The molecule has 1 aliphatic carbocycles. The summed E-state index contributed by atoms with van der Waals surface area (Å²) in [5.41, 5.74) is 5.68. The molecule has 0 unspecified atom stereocenters. The summed E-state index contributed by atoms with van der Waals surface area (Å²) in [6, 6.07) is 19.2. The van der Waals surface area contributed by atoms with Crippen molar-refractivity contribution in [2.45, 2.75) is 52.0 Å². The van der Waals surface area contributed by atoms with Gasteiger partial charge in [0.2, 0.25) is 17.7 Å². The number of aliphatic imine (C=N–C) groups is 1. The van der Waals surface area contributed by atoms with Crippen molar-refractivity contribution in [1.82, 2.24) is 20.5 Å². The Morgan fingerprint density at radius 2 is 1.58 bits per heavy atom. The molecule has 1 saturated carbocycles. The van der Waals surface area contributed by atoms with Crippen LogP contribution in [0.2, 0.25) is 0 Å². The van der Waals surface area contributed by atoms with Crippen LogP contribution in [0.4, 0.5) is 11.5 Å². The minimum atomic E-state index is -0.746. The number of carbonyl (C=O) groups excluding carboxylic acids is 3. The molecule has 1 aromatic heterocycles. The molecule has 254 valence electrons. The minimum absolute atomic E-state index is 0.0313. The van der Waals surface area contributed by atoms with E-state index in [0.717, 1.165) is 85.6 Å². The molecule has 0 radical (unpaired) electrons. The smallest absolute Gasteiger partial charge is 0.247 e. The SMILES string of the molecule is CN=C(C)c1ccc(NC(=O)[C@H](Cc2ccc(-c3ccnc(N4CCN(C)CC4)c3)cc2)NC(=O)C2CCC(CNC(C)=O)CC2)cc1. The van der Waals surface area contributed by atoms with Crippen molar-refractivity contribution in [1.29, 1.82) is 0 Å². The highest BCUT2D eigenvalue weighted by Gasteiger charge is 2.30. The Labute approximate surface area is 284 Å². The minimum Gasteiger partial charge on any atom is -0.356 e. The highest BCUT2D eigenvalue weighted by Crippen LogP contribution is 2.29. The molecule has 1 saturated heterocycles. The van der Waals surface area contributed by atoms with E-state index in [-0.39, 0.29) is 23.6 Å². The Kier molecular flexibility index (Phi) is 11.9. The van der Waals surface area contributed by atoms with Gasteiger partial charge in [0.05, 0.1) is 0 Å². The van der Waals surface area contributed by atoms with Gasteiger partial charge in [-0.2, -0.15) is 0 Å². The van der Waals surface area contributed by atoms with Crippen LogP contribution in [0.1, 0.15) is 50.7 Å². The predicted molar refractivity (Wildman–Crippen MR) is 192 cm³/mol. The number of rotatable bonds is 11. The van der Waals surface area contributed by atoms with E-state index in [9.17, 15) is 14.4 Å². The molecule has 2 aromatic carbocycles. The largest absolute Gasteiger partial charge is 0.356 e. The number of benzene rings is 2. The van der Waals surface area contributed by atoms with Gasteiger partial charge in [-0.25, -0.2) is 4.98 Å². The van der Waals surface area contributed by atoms with Crippen LogP contribution >= 0.6 is 0 Å². The Bertz CT molecular complexity index is 1570. The maximum absolute atomic E-state index is 13.7. The molecule has 48 heavy (non-hydrogen) atoms. The van der Waals surface area contributed by atoms with Crippen LogP contribution in [-0.2, 0) is 20.8 Å². The lowest BCUT2D eigenvalue weighted by atomic mass is 9.81. The van der Waals surface area contributed by atoms with E-state index in [4.69, 9.17) is 0 Å². The first-order valence-corrected chi connectivity index (χ1v) is 17.1. The molecular weight excluding hydrogens is 602 g/mol. The van der Waals surface area contributed by atoms with E-state index in [2.05, 4.69) is 61.0 Å². The highest BCUT2D eigenvalue weighted by molar-refractivity contribution is 6.00. The Morgan fingerprint density at radius 3 is 2.23 bits per heavy atom. The number of aromatic nitrogens is 1. The molecule has 2 heterocycles. The molecule has 0 spiro atoms. The molecule has 0 bridgehead atoms. The van der Waals surface area contributed by atoms with Gasteiger partial charge >= 0.3 is 0 Å². The van der Waals surface area contributed by atoms with Gasteiger partial charge in [-0.3, -0.25) is 19.4 Å². The Morgan fingerprint density at radius 1 is 0.896 bits per heavy atom. The first-order chi connectivity index (χ1) is 23.2. The standard InChI is InChI=1S/C38H49N7O3/c1-26(39-3)30-13-15-34(16-14-30)42-38(48)35(43-37(47)32-11-7-29(8-12-32)25-41-27(2)46)23-28-5-9-31(10-6-28)33-17-18-40-36(24-33)45-21-19-44(4)20-22-45/h5-6,9-10,13-18,24,29,32,35H,7-8,11-12,19-23,25H2,1-4H3,(H,41,46)(H,42,48)(H,43,47)/t29?,32?,35-/m0/s1. The fraction of sp³-hybridized carbons (Fsp3) is 0.447. The molecule has 5 rings (SSSR count). The van der Waals surface area contributed by atoms with Crippen molar-refractivity contribution in [2.75, 3.05) is 57.0 Å². The van der Waals surface area contributed by atoms with Crippen molar-refractivity contribution < 1.29 is 14.4 Å². The van der Waals surface area contributed by atoms with E-state index >= 15 is 0 Å². The first kappa shape index (κ1) is 34.8. The van der Waals surface area contributed by atoms with Crippen molar-refractivity contribution >= 4 is 34.9 Å². The van der Waals surface area contributed by atoms with Crippen molar-refractivity contribution in [3.63, 3.8) is 0 Å². The number of likely N-dealkylation sites (N-methyl/N-ethyl adjacent to an activating group) is 1. The maximum Gasteiger partial charge on any atom is 0.247 e. The molecule has 2 fully saturated rings. The van der Waals surface area contributed by atoms with E-state index in [1.54, 1.807) is 7.05 Å². The zero-order chi connectivity index (χ0) is 34.0. The number of pyridine rings is 1. The number of nitrogens with one attached hydrogen (secondary N) is 3. The van der Waals surface area contributed by atoms with Gasteiger partial charge in [-0.05, 0) is 92.1 Å². The lowest BCUT2D eigenvalue weighted by Crippen LogP contribution is -2.48. The molecule has 3 aromatic rings. The number of hydrogen-bond acceptors (Lipinski definition) is 7. The van der Waals surface area contributed by atoms with Gasteiger partial charge in [0, 0.05) is 76.6 Å². The quantitative estimate of drug-likeness (QED) is 0.262. The van der Waals surface area contributed by atoms with E-state index in [1.165, 1.54) is 6.92 Å². The summed E-state index contributed by atoms with van der Waals surface area (Å²) in [6.45, 7) is 8.06. The second kappa shape index (κ2) is 16.5. The number of piperazine rings is 1. The zero-order valence-electron chi connectivity index (χ0n) is 28.7. The number of amides is 3. The molecule has 1 atom stereocenters. The first-order valence-electron chi connectivity index (χ1n) is 17.1. The fourth-order valence-corrected chi connectivity index (χ4v) is 6.44. The van der Waals surface area contributed by atoms with Crippen molar-refractivity contribution in [2.24, 2.45) is 16.8 Å². The number of carbonyl (C=O) groups is 3. The molecule has 2 aliphatic rings.